The van der Waals surface area contributed by atoms with Gasteiger partial charge in [-0.15, -0.1) is 0 Å². The van der Waals surface area contributed by atoms with Crippen molar-refractivity contribution in [3.05, 3.63) is 120 Å². The fourth-order valence-electron chi connectivity index (χ4n) is 3.86. The van der Waals surface area contributed by atoms with Crippen molar-refractivity contribution in [1.82, 2.24) is 10.6 Å². The van der Waals surface area contributed by atoms with Crippen molar-refractivity contribution in [3.8, 4) is 0 Å². The van der Waals surface area contributed by atoms with E-state index in [1.807, 2.05) is 104 Å². The quantitative estimate of drug-likeness (QED) is 0.437. The summed E-state index contributed by atoms with van der Waals surface area (Å²) in [6.07, 6.45) is 0.407. The summed E-state index contributed by atoms with van der Waals surface area (Å²) in [5.74, 6) is -0.468. The molecule has 2 amide bonds. The molecule has 160 valence electrons. The molecule has 4 rings (SSSR count). The molecule has 0 aliphatic carbocycles. The highest BCUT2D eigenvalue weighted by Crippen LogP contribution is 2.19. The number of carbonyl (C=O) groups is 2. The molecule has 0 aromatic heterocycles. The number of nitrogens with one attached hydrogen (secondary N) is 2. The zero-order chi connectivity index (χ0) is 22.3. The van der Waals surface area contributed by atoms with E-state index in [-0.39, 0.29) is 17.9 Å². The van der Waals surface area contributed by atoms with Gasteiger partial charge in [0.2, 0.25) is 5.91 Å². The van der Waals surface area contributed by atoms with E-state index in [0.717, 1.165) is 21.9 Å². The largest absolute Gasteiger partial charge is 0.348 e. The van der Waals surface area contributed by atoms with E-state index in [4.69, 9.17) is 0 Å². The highest BCUT2D eigenvalue weighted by Gasteiger charge is 2.24. The zero-order valence-electron chi connectivity index (χ0n) is 18.0. The molecule has 4 aromatic carbocycles. The van der Waals surface area contributed by atoms with E-state index in [9.17, 15) is 9.59 Å². The Bertz CT molecular complexity index is 1200. The molecule has 0 saturated heterocycles. The van der Waals surface area contributed by atoms with Crippen molar-refractivity contribution in [2.45, 2.75) is 25.4 Å². The predicted molar refractivity (Wildman–Crippen MR) is 128 cm³/mol. The summed E-state index contributed by atoms with van der Waals surface area (Å²) in [5.41, 5.74) is 2.56. The van der Waals surface area contributed by atoms with Gasteiger partial charge in [-0.1, -0.05) is 97.1 Å². The predicted octanol–water partition coefficient (Wildman–Crippen LogP) is 5.06. The molecular formula is C28H26N2O2. The Balaban J connectivity index is 1.57. The van der Waals surface area contributed by atoms with Gasteiger partial charge in [0.15, 0.2) is 0 Å². The van der Waals surface area contributed by atoms with Gasteiger partial charge in [-0.05, 0) is 34.9 Å². The molecule has 2 N–H and O–H groups in total. The van der Waals surface area contributed by atoms with E-state index >= 15 is 0 Å². The minimum atomic E-state index is -0.699. The molecule has 0 aliphatic rings. The van der Waals surface area contributed by atoms with Crippen LogP contribution in [0.3, 0.4) is 0 Å². The van der Waals surface area contributed by atoms with Crippen LogP contribution in [-0.2, 0) is 11.2 Å². The Morgan fingerprint density at radius 1 is 0.719 bits per heavy atom. The number of benzene rings is 4. The lowest BCUT2D eigenvalue weighted by Crippen LogP contribution is -2.48. The Kier molecular flexibility index (Phi) is 6.61. The van der Waals surface area contributed by atoms with Crippen LogP contribution in [-0.4, -0.2) is 17.9 Å². The maximum atomic E-state index is 13.2. The topological polar surface area (TPSA) is 58.2 Å². The average molecular weight is 423 g/mol. The summed E-state index contributed by atoms with van der Waals surface area (Å²) in [7, 11) is 0. The van der Waals surface area contributed by atoms with Crippen molar-refractivity contribution in [2.75, 3.05) is 0 Å². The molecule has 4 heteroatoms. The smallest absolute Gasteiger partial charge is 0.252 e. The van der Waals surface area contributed by atoms with Gasteiger partial charge in [0.25, 0.3) is 5.91 Å². The Morgan fingerprint density at radius 3 is 2.09 bits per heavy atom. The molecule has 0 spiro atoms. The van der Waals surface area contributed by atoms with Crippen LogP contribution in [0, 0.1) is 0 Å². The minimum Gasteiger partial charge on any atom is -0.348 e. The van der Waals surface area contributed by atoms with Gasteiger partial charge in [0.1, 0.15) is 6.04 Å². The van der Waals surface area contributed by atoms with Crippen LogP contribution >= 0.6 is 0 Å². The molecule has 0 bridgehead atoms. The first-order valence-corrected chi connectivity index (χ1v) is 10.8. The van der Waals surface area contributed by atoms with Crippen LogP contribution in [0.4, 0.5) is 0 Å². The molecule has 4 nitrogen and oxygen atoms in total. The fraction of sp³-hybridized carbons (Fsp3) is 0.143. The molecule has 0 fully saturated rings. The first-order valence-electron chi connectivity index (χ1n) is 10.8. The van der Waals surface area contributed by atoms with Gasteiger partial charge in [-0.3, -0.25) is 9.59 Å². The first kappa shape index (κ1) is 21.3. The van der Waals surface area contributed by atoms with Crippen molar-refractivity contribution in [3.63, 3.8) is 0 Å². The summed E-state index contributed by atoms with van der Waals surface area (Å²) in [4.78, 5) is 26.5. The highest BCUT2D eigenvalue weighted by atomic mass is 16.2. The molecule has 2 unspecified atom stereocenters. The number of hydrogen-bond acceptors (Lipinski definition) is 2. The van der Waals surface area contributed by atoms with Crippen LogP contribution in [0.15, 0.2) is 103 Å². The van der Waals surface area contributed by atoms with Gasteiger partial charge in [0.05, 0.1) is 6.04 Å². The van der Waals surface area contributed by atoms with Crippen LogP contribution in [0.5, 0.6) is 0 Å². The molecular weight excluding hydrogens is 396 g/mol. The molecule has 0 heterocycles. The molecule has 4 aromatic rings. The van der Waals surface area contributed by atoms with E-state index in [1.165, 1.54) is 0 Å². The van der Waals surface area contributed by atoms with Crippen LogP contribution in [0.25, 0.3) is 10.8 Å². The summed E-state index contributed by atoms with van der Waals surface area (Å²) >= 11 is 0. The molecule has 0 radical (unpaired) electrons. The molecule has 32 heavy (non-hydrogen) atoms. The third kappa shape index (κ3) is 5.03. The Labute approximate surface area is 188 Å². The lowest BCUT2D eigenvalue weighted by molar-refractivity contribution is -0.123. The van der Waals surface area contributed by atoms with E-state index in [1.54, 1.807) is 6.07 Å². The maximum Gasteiger partial charge on any atom is 0.252 e. The molecule has 0 aliphatic heterocycles. The van der Waals surface area contributed by atoms with Gasteiger partial charge < -0.3 is 10.6 Å². The van der Waals surface area contributed by atoms with Crippen molar-refractivity contribution in [1.29, 1.82) is 0 Å². The summed E-state index contributed by atoms with van der Waals surface area (Å²) in [5, 5.41) is 7.89. The third-order valence-corrected chi connectivity index (χ3v) is 5.60. The second-order valence-electron chi connectivity index (χ2n) is 7.88. The summed E-state index contributed by atoms with van der Waals surface area (Å²) < 4.78 is 0. The zero-order valence-corrected chi connectivity index (χ0v) is 18.0. The third-order valence-electron chi connectivity index (χ3n) is 5.60. The second-order valence-corrected chi connectivity index (χ2v) is 7.88. The van der Waals surface area contributed by atoms with Gasteiger partial charge >= 0.3 is 0 Å². The monoisotopic (exact) mass is 422 g/mol. The summed E-state index contributed by atoms with van der Waals surface area (Å²) in [6.45, 7) is 1.94. The number of rotatable bonds is 7. The number of carbonyl (C=O) groups excluding carboxylic acids is 2. The Hall–Kier alpha value is -3.92. The SMILES string of the molecule is CC(NC(=O)C(Cc1ccccc1)NC(=O)c1cccc2ccccc12)c1ccccc1. The van der Waals surface area contributed by atoms with Crippen molar-refractivity contribution >= 4 is 22.6 Å². The second kappa shape index (κ2) is 9.92. The van der Waals surface area contributed by atoms with E-state index in [2.05, 4.69) is 10.6 Å². The lowest BCUT2D eigenvalue weighted by atomic mass is 10.0. The molecule has 0 saturated carbocycles. The van der Waals surface area contributed by atoms with Gasteiger partial charge in [-0.2, -0.15) is 0 Å². The first-order chi connectivity index (χ1) is 15.6. The number of fused-ring (bicyclic) bond motifs is 1. The van der Waals surface area contributed by atoms with Gasteiger partial charge in [-0.25, -0.2) is 0 Å². The minimum absolute atomic E-state index is 0.170. The lowest BCUT2D eigenvalue weighted by Gasteiger charge is -2.22. The molecule has 2 atom stereocenters. The van der Waals surface area contributed by atoms with Crippen molar-refractivity contribution < 1.29 is 9.59 Å². The van der Waals surface area contributed by atoms with Crippen LogP contribution in [0.2, 0.25) is 0 Å². The average Bonchev–Trinajstić information content (AvgIpc) is 2.84. The van der Waals surface area contributed by atoms with Gasteiger partial charge in [0, 0.05) is 12.0 Å². The summed E-state index contributed by atoms with van der Waals surface area (Å²) in [6, 6.07) is 32.0. The number of amides is 2. The Morgan fingerprint density at radius 2 is 1.34 bits per heavy atom. The van der Waals surface area contributed by atoms with Crippen LogP contribution in [0.1, 0.15) is 34.5 Å². The van der Waals surface area contributed by atoms with Crippen molar-refractivity contribution in [2.24, 2.45) is 0 Å². The fourth-order valence-corrected chi connectivity index (χ4v) is 3.86. The maximum absolute atomic E-state index is 13.2. The van der Waals surface area contributed by atoms with Crippen LogP contribution < -0.4 is 10.6 Å². The standard InChI is InChI=1S/C28H26N2O2/c1-20(22-13-6-3-7-14-22)29-28(32)26(19-21-11-4-2-5-12-21)30-27(31)25-18-10-16-23-15-8-9-17-24(23)25/h2-18,20,26H,19H2,1H3,(H,29,32)(H,30,31). The highest BCUT2D eigenvalue weighted by molar-refractivity contribution is 6.08. The van der Waals surface area contributed by atoms with E-state index in [0.29, 0.717) is 12.0 Å². The van der Waals surface area contributed by atoms with E-state index < -0.39 is 6.04 Å². The number of hydrogen-bond donors (Lipinski definition) is 2. The normalized spacial score (nSPS) is 12.7.